The van der Waals surface area contributed by atoms with Crippen molar-refractivity contribution in [3.63, 3.8) is 0 Å². The lowest BCUT2D eigenvalue weighted by atomic mass is 9.95. The van der Waals surface area contributed by atoms with Gasteiger partial charge in [0, 0.05) is 5.39 Å². The second-order valence-electron chi connectivity index (χ2n) is 6.07. The van der Waals surface area contributed by atoms with Gasteiger partial charge in [-0.3, -0.25) is 0 Å². The Kier molecular flexibility index (Phi) is 3.32. The van der Waals surface area contributed by atoms with Crippen LogP contribution in [0, 0.1) is 0 Å². The number of rotatable bonds is 2. The highest BCUT2D eigenvalue weighted by Crippen LogP contribution is 2.62. The number of halogens is 6. The van der Waals surface area contributed by atoms with Crippen LogP contribution in [0.2, 0.25) is 0 Å². The summed E-state index contributed by atoms with van der Waals surface area (Å²) in [6.45, 7) is 0. The molecule has 26 heavy (non-hydrogen) atoms. The molecule has 1 aliphatic rings. The molecule has 1 nitrogen and oxygen atoms in total. The molecule has 1 heterocycles. The number of hydrogen-bond acceptors (Lipinski definition) is 1. The van der Waals surface area contributed by atoms with Crippen LogP contribution in [0.15, 0.2) is 66.7 Å². The lowest BCUT2D eigenvalue weighted by Gasteiger charge is -2.53. The van der Waals surface area contributed by atoms with Crippen LogP contribution in [0.3, 0.4) is 0 Å². The zero-order chi connectivity index (χ0) is 18.7. The van der Waals surface area contributed by atoms with Crippen molar-refractivity contribution in [2.24, 2.45) is 0 Å². The molecule has 0 aliphatic carbocycles. The molecule has 4 rings (SSSR count). The van der Waals surface area contributed by atoms with E-state index in [-0.39, 0.29) is 5.39 Å². The summed E-state index contributed by atoms with van der Waals surface area (Å²) in [5.41, 5.74) is 0.336. The minimum absolute atomic E-state index is 0.0435. The molecule has 0 saturated carbocycles. The Balaban J connectivity index is 1.98. The zero-order valence-electron chi connectivity index (χ0n) is 13.1. The summed E-state index contributed by atoms with van der Waals surface area (Å²) in [7, 11) is 0. The van der Waals surface area contributed by atoms with Crippen molar-refractivity contribution >= 4 is 16.5 Å². The van der Waals surface area contributed by atoms with Gasteiger partial charge in [-0.25, -0.2) is 4.90 Å². The number of hydrogen-bond donors (Lipinski definition) is 0. The van der Waals surface area contributed by atoms with Crippen molar-refractivity contribution in [2.45, 2.75) is 18.0 Å². The van der Waals surface area contributed by atoms with E-state index < -0.39 is 28.6 Å². The van der Waals surface area contributed by atoms with E-state index in [1.54, 1.807) is 48.5 Å². The van der Waals surface area contributed by atoms with Crippen LogP contribution in [-0.4, -0.2) is 18.0 Å². The maximum Gasteiger partial charge on any atom is 0.412 e. The van der Waals surface area contributed by atoms with Crippen molar-refractivity contribution in [3.05, 3.63) is 66.7 Å². The Hall–Kier alpha value is -2.70. The van der Waals surface area contributed by atoms with E-state index in [0.29, 0.717) is 16.5 Å². The standard InChI is InChI=1S/C19H11F6N/c20-17(21)18(22,23)26(19(17,24)25)16-11-14(12-6-2-1-3-7-12)10-13-8-4-5-9-15(13)16/h1-11H. The Labute approximate surface area is 144 Å². The second-order valence-corrected chi connectivity index (χ2v) is 6.07. The summed E-state index contributed by atoms with van der Waals surface area (Å²) in [5.74, 6) is -5.44. The topological polar surface area (TPSA) is 3.24 Å². The predicted molar refractivity (Wildman–Crippen MR) is 86.7 cm³/mol. The summed E-state index contributed by atoms with van der Waals surface area (Å²) in [6, 6.07) is 7.23. The summed E-state index contributed by atoms with van der Waals surface area (Å²) in [4.78, 5) is -0.783. The Morgan fingerprint density at radius 3 is 1.85 bits per heavy atom. The first-order chi connectivity index (χ1) is 12.2. The average Bonchev–Trinajstić information content (AvgIpc) is 2.61. The van der Waals surface area contributed by atoms with Gasteiger partial charge < -0.3 is 0 Å². The highest BCUT2D eigenvalue weighted by atomic mass is 19.4. The number of nitrogens with zero attached hydrogens (tertiary/aromatic N) is 1. The molecule has 134 valence electrons. The van der Waals surface area contributed by atoms with Gasteiger partial charge in [0.15, 0.2) is 0 Å². The van der Waals surface area contributed by atoms with E-state index in [4.69, 9.17) is 0 Å². The van der Waals surface area contributed by atoms with Crippen LogP contribution in [0.4, 0.5) is 32.0 Å². The van der Waals surface area contributed by atoms with Crippen LogP contribution in [-0.2, 0) is 0 Å². The van der Waals surface area contributed by atoms with E-state index in [1.807, 2.05) is 0 Å². The fraction of sp³-hybridized carbons (Fsp3) is 0.158. The van der Waals surface area contributed by atoms with E-state index in [9.17, 15) is 26.3 Å². The third-order valence-corrected chi connectivity index (χ3v) is 4.51. The molecule has 0 spiro atoms. The summed E-state index contributed by atoms with van der Waals surface area (Å²) in [6.07, 6.45) is 0. The zero-order valence-corrected chi connectivity index (χ0v) is 13.1. The lowest BCUT2D eigenvalue weighted by molar-refractivity contribution is -0.391. The minimum atomic E-state index is -5.44. The van der Waals surface area contributed by atoms with Gasteiger partial charge >= 0.3 is 18.0 Å². The van der Waals surface area contributed by atoms with Gasteiger partial charge in [-0.2, -0.15) is 26.3 Å². The molecule has 0 bridgehead atoms. The molecular weight excluding hydrogens is 356 g/mol. The summed E-state index contributed by atoms with van der Waals surface area (Å²) >= 11 is 0. The Bertz CT molecular complexity index is 966. The molecule has 0 aromatic heterocycles. The molecule has 1 fully saturated rings. The molecule has 0 radical (unpaired) electrons. The van der Waals surface area contributed by atoms with Crippen molar-refractivity contribution in [1.29, 1.82) is 0 Å². The molecule has 0 amide bonds. The summed E-state index contributed by atoms with van der Waals surface area (Å²) < 4.78 is 82.3. The molecule has 3 aromatic carbocycles. The molecule has 0 N–H and O–H groups in total. The quantitative estimate of drug-likeness (QED) is 0.388. The average molecular weight is 367 g/mol. The van der Waals surface area contributed by atoms with Crippen molar-refractivity contribution < 1.29 is 26.3 Å². The molecule has 1 saturated heterocycles. The van der Waals surface area contributed by atoms with Gasteiger partial charge in [-0.15, -0.1) is 0 Å². The van der Waals surface area contributed by atoms with Crippen LogP contribution < -0.4 is 4.90 Å². The van der Waals surface area contributed by atoms with Gasteiger partial charge in [0.25, 0.3) is 0 Å². The van der Waals surface area contributed by atoms with Crippen molar-refractivity contribution in [1.82, 2.24) is 0 Å². The molecule has 0 unspecified atom stereocenters. The van der Waals surface area contributed by atoms with Crippen molar-refractivity contribution in [2.75, 3.05) is 4.90 Å². The SMILES string of the molecule is FC1(F)N(c2cc(-c3ccccc3)cc3ccccc23)C(F)(F)C1(F)F. The Morgan fingerprint density at radius 2 is 1.19 bits per heavy atom. The fourth-order valence-corrected chi connectivity index (χ4v) is 3.16. The first kappa shape index (κ1) is 16.8. The number of fused-ring (bicyclic) bond motifs is 1. The van der Waals surface area contributed by atoms with E-state index in [2.05, 4.69) is 0 Å². The number of anilines is 1. The van der Waals surface area contributed by atoms with Crippen LogP contribution in [0.1, 0.15) is 0 Å². The van der Waals surface area contributed by atoms with Gasteiger partial charge in [0.1, 0.15) is 0 Å². The normalized spacial score (nSPS) is 20.0. The van der Waals surface area contributed by atoms with Gasteiger partial charge in [0.05, 0.1) is 5.69 Å². The molecular formula is C19H11F6N. The smallest absolute Gasteiger partial charge is 0.242 e. The molecule has 3 aromatic rings. The fourth-order valence-electron chi connectivity index (χ4n) is 3.16. The largest absolute Gasteiger partial charge is 0.412 e. The maximum absolute atomic E-state index is 13.9. The Morgan fingerprint density at radius 1 is 0.615 bits per heavy atom. The second kappa shape index (κ2) is 5.16. The minimum Gasteiger partial charge on any atom is -0.242 e. The van der Waals surface area contributed by atoms with Crippen LogP contribution in [0.5, 0.6) is 0 Å². The van der Waals surface area contributed by atoms with Crippen molar-refractivity contribution in [3.8, 4) is 11.1 Å². The predicted octanol–water partition coefficient (Wildman–Crippen LogP) is 6.15. The van der Waals surface area contributed by atoms with E-state index in [1.165, 1.54) is 12.1 Å². The van der Waals surface area contributed by atoms with E-state index >= 15 is 0 Å². The highest BCUT2D eigenvalue weighted by molar-refractivity contribution is 5.99. The molecule has 7 heteroatoms. The van der Waals surface area contributed by atoms with E-state index in [0.717, 1.165) is 6.07 Å². The third kappa shape index (κ3) is 2.00. The lowest BCUT2D eigenvalue weighted by Crippen LogP contribution is -2.82. The third-order valence-electron chi connectivity index (χ3n) is 4.51. The number of benzene rings is 3. The highest BCUT2D eigenvalue weighted by Gasteiger charge is 2.90. The number of alkyl halides is 6. The first-order valence-electron chi connectivity index (χ1n) is 7.70. The van der Waals surface area contributed by atoms with Gasteiger partial charge in [-0.1, -0.05) is 54.6 Å². The van der Waals surface area contributed by atoms with Gasteiger partial charge in [0.2, 0.25) is 0 Å². The van der Waals surface area contributed by atoms with Crippen LogP contribution >= 0.6 is 0 Å². The summed E-state index contributed by atoms with van der Waals surface area (Å²) in [5, 5.41) is 0.438. The molecule has 0 atom stereocenters. The monoisotopic (exact) mass is 367 g/mol. The maximum atomic E-state index is 13.9. The van der Waals surface area contributed by atoms with Crippen LogP contribution in [0.25, 0.3) is 21.9 Å². The molecule has 1 aliphatic heterocycles. The first-order valence-corrected chi connectivity index (χ1v) is 7.70. The van der Waals surface area contributed by atoms with Gasteiger partial charge in [-0.05, 0) is 28.6 Å².